The number of rotatable bonds is 5. The molecule has 0 spiro atoms. The van der Waals surface area contributed by atoms with Gasteiger partial charge in [0.05, 0.1) is 0 Å². The van der Waals surface area contributed by atoms with Crippen molar-refractivity contribution in [2.45, 2.75) is 6.42 Å². The summed E-state index contributed by atoms with van der Waals surface area (Å²) in [5.74, 6) is -1.05. The normalized spacial score (nSPS) is 10.2. The molecule has 88 valence electrons. The molecule has 0 aliphatic heterocycles. The number of benzene rings is 1. The van der Waals surface area contributed by atoms with Crippen LogP contribution in [-0.4, -0.2) is 12.5 Å². The molecule has 1 amide bonds. The Morgan fingerprint density at radius 2 is 2.35 bits per heavy atom. The maximum atomic E-state index is 13.0. The van der Waals surface area contributed by atoms with Crippen LogP contribution in [0.4, 0.5) is 4.39 Å². The lowest BCUT2D eigenvalue weighted by molar-refractivity contribution is 0.1000. The molecule has 2 N–H and O–H groups in total. The van der Waals surface area contributed by atoms with Crippen molar-refractivity contribution in [3.8, 4) is 0 Å². The molecule has 0 unspecified atom stereocenters. The van der Waals surface area contributed by atoms with Gasteiger partial charge in [-0.3, -0.25) is 4.79 Å². The summed E-state index contributed by atoms with van der Waals surface area (Å²) in [5, 5.41) is 3.34. The lowest BCUT2D eigenvalue weighted by atomic mass is 10.1. The number of carbonyl (C=O) groups is 1. The summed E-state index contributed by atoms with van der Waals surface area (Å²) in [6, 6.07) is 3.74. The summed E-state index contributed by atoms with van der Waals surface area (Å²) < 4.78 is 13.0. The smallest absolute Gasteiger partial charge is 0.249 e. The van der Waals surface area contributed by atoms with Crippen molar-refractivity contribution >= 4 is 12.0 Å². The molecule has 1 aromatic carbocycles. The molecule has 0 bridgehead atoms. The minimum Gasteiger partial charge on any atom is -0.366 e. The average Bonchev–Trinajstić information content (AvgIpc) is 2.28. The second kappa shape index (κ2) is 6.30. The Hall–Kier alpha value is -2.33. The Kier molecular flexibility index (Phi) is 4.72. The Morgan fingerprint density at radius 3 is 3.00 bits per heavy atom. The van der Waals surface area contributed by atoms with Gasteiger partial charge in [-0.15, -0.1) is 0 Å². The average molecular weight is 234 g/mol. The number of amides is 1. The molecule has 0 radical (unpaired) electrons. The van der Waals surface area contributed by atoms with Gasteiger partial charge in [0.25, 0.3) is 0 Å². The summed E-state index contributed by atoms with van der Waals surface area (Å²) >= 11 is 0. The molecular formula is C11H11FN4O. The van der Waals surface area contributed by atoms with Gasteiger partial charge in [-0.2, -0.15) is 0 Å². The highest BCUT2D eigenvalue weighted by Crippen LogP contribution is 2.13. The molecule has 0 aromatic heterocycles. The summed E-state index contributed by atoms with van der Waals surface area (Å²) in [6.45, 7) is 0.314. The second-order valence-corrected chi connectivity index (χ2v) is 3.24. The van der Waals surface area contributed by atoms with Gasteiger partial charge < -0.3 is 5.73 Å². The number of halogens is 1. The van der Waals surface area contributed by atoms with E-state index in [-0.39, 0.29) is 5.56 Å². The van der Waals surface area contributed by atoms with E-state index >= 15 is 0 Å². The minimum atomic E-state index is -0.611. The maximum absolute atomic E-state index is 13.0. The SMILES string of the molecule is [N-]=[N+]=NCCC=Cc1cc(F)ccc1C(N)=O. The van der Waals surface area contributed by atoms with Gasteiger partial charge in [-0.05, 0) is 35.7 Å². The van der Waals surface area contributed by atoms with Crippen LogP contribution in [0.3, 0.4) is 0 Å². The van der Waals surface area contributed by atoms with Gasteiger partial charge in [-0.1, -0.05) is 17.3 Å². The fourth-order valence-electron chi connectivity index (χ4n) is 1.28. The molecule has 0 saturated heterocycles. The molecule has 5 nitrogen and oxygen atoms in total. The molecule has 0 heterocycles. The van der Waals surface area contributed by atoms with Crippen LogP contribution in [-0.2, 0) is 0 Å². The lowest BCUT2D eigenvalue weighted by Gasteiger charge is -2.01. The van der Waals surface area contributed by atoms with E-state index in [9.17, 15) is 9.18 Å². The van der Waals surface area contributed by atoms with E-state index < -0.39 is 11.7 Å². The van der Waals surface area contributed by atoms with E-state index in [0.29, 0.717) is 18.5 Å². The van der Waals surface area contributed by atoms with Crippen molar-refractivity contribution < 1.29 is 9.18 Å². The van der Waals surface area contributed by atoms with Crippen molar-refractivity contribution in [2.24, 2.45) is 10.8 Å². The van der Waals surface area contributed by atoms with Crippen LogP contribution in [0.25, 0.3) is 16.5 Å². The van der Waals surface area contributed by atoms with Crippen LogP contribution in [0.15, 0.2) is 29.4 Å². The molecule has 6 heteroatoms. The van der Waals surface area contributed by atoms with E-state index in [4.69, 9.17) is 11.3 Å². The van der Waals surface area contributed by atoms with Crippen molar-refractivity contribution in [1.82, 2.24) is 0 Å². The fourth-order valence-corrected chi connectivity index (χ4v) is 1.28. The van der Waals surface area contributed by atoms with Crippen LogP contribution >= 0.6 is 0 Å². The highest BCUT2D eigenvalue weighted by Gasteiger charge is 2.06. The van der Waals surface area contributed by atoms with Crippen molar-refractivity contribution in [2.75, 3.05) is 6.54 Å². The minimum absolute atomic E-state index is 0.256. The second-order valence-electron chi connectivity index (χ2n) is 3.24. The van der Waals surface area contributed by atoms with E-state index in [1.165, 1.54) is 18.2 Å². The Bertz CT molecular complexity index is 492. The summed E-state index contributed by atoms with van der Waals surface area (Å²) in [7, 11) is 0. The van der Waals surface area contributed by atoms with Crippen molar-refractivity contribution in [1.29, 1.82) is 0 Å². The highest BCUT2D eigenvalue weighted by molar-refractivity contribution is 5.96. The Balaban J connectivity index is 2.84. The number of hydrogen-bond donors (Lipinski definition) is 1. The van der Waals surface area contributed by atoms with Crippen LogP contribution < -0.4 is 5.73 Å². The van der Waals surface area contributed by atoms with Gasteiger partial charge in [0.2, 0.25) is 5.91 Å². The zero-order valence-electron chi connectivity index (χ0n) is 9.01. The third-order valence-electron chi connectivity index (χ3n) is 2.04. The molecule has 0 aliphatic rings. The van der Waals surface area contributed by atoms with Gasteiger partial charge in [0.1, 0.15) is 5.82 Å². The van der Waals surface area contributed by atoms with Crippen LogP contribution in [0.1, 0.15) is 22.3 Å². The molecule has 17 heavy (non-hydrogen) atoms. The number of carbonyl (C=O) groups excluding carboxylic acids is 1. The highest BCUT2D eigenvalue weighted by atomic mass is 19.1. The Labute approximate surface area is 97.4 Å². The molecule has 0 saturated carbocycles. The first-order chi connectivity index (χ1) is 8.15. The van der Waals surface area contributed by atoms with Crippen molar-refractivity contribution in [3.05, 3.63) is 51.7 Å². The molecule has 0 fully saturated rings. The van der Waals surface area contributed by atoms with Crippen LogP contribution in [0.5, 0.6) is 0 Å². The number of nitrogens with zero attached hydrogens (tertiary/aromatic N) is 3. The topological polar surface area (TPSA) is 91.8 Å². The lowest BCUT2D eigenvalue weighted by Crippen LogP contribution is -2.12. The van der Waals surface area contributed by atoms with Gasteiger partial charge in [0.15, 0.2) is 0 Å². The van der Waals surface area contributed by atoms with Gasteiger partial charge >= 0.3 is 0 Å². The third kappa shape index (κ3) is 3.96. The van der Waals surface area contributed by atoms with E-state index in [1.807, 2.05) is 0 Å². The fraction of sp³-hybridized carbons (Fsp3) is 0.182. The van der Waals surface area contributed by atoms with Gasteiger partial charge in [0, 0.05) is 17.0 Å². The standard InChI is InChI=1S/C11H11FN4O/c12-9-4-5-10(11(13)17)8(7-9)3-1-2-6-15-16-14/h1,3-5,7H,2,6H2,(H2,13,17). The summed E-state index contributed by atoms with van der Waals surface area (Å²) in [5.41, 5.74) is 13.9. The molecule has 1 rings (SSSR count). The quantitative estimate of drug-likeness (QED) is 0.360. The molecule has 0 aliphatic carbocycles. The van der Waals surface area contributed by atoms with E-state index in [0.717, 1.165) is 0 Å². The predicted octanol–water partition coefficient (Wildman–Crippen LogP) is 2.64. The maximum Gasteiger partial charge on any atom is 0.249 e. The first-order valence-electron chi connectivity index (χ1n) is 4.92. The molecule has 1 aromatic rings. The zero-order valence-corrected chi connectivity index (χ0v) is 9.01. The number of azide groups is 1. The Morgan fingerprint density at radius 1 is 1.59 bits per heavy atom. The largest absolute Gasteiger partial charge is 0.366 e. The summed E-state index contributed by atoms with van der Waals surface area (Å²) in [6.07, 6.45) is 3.78. The zero-order chi connectivity index (χ0) is 12.7. The van der Waals surface area contributed by atoms with Crippen LogP contribution in [0.2, 0.25) is 0 Å². The third-order valence-corrected chi connectivity index (χ3v) is 2.04. The summed E-state index contributed by atoms with van der Waals surface area (Å²) in [4.78, 5) is 13.7. The molecule has 0 atom stereocenters. The monoisotopic (exact) mass is 234 g/mol. The van der Waals surface area contributed by atoms with E-state index in [1.54, 1.807) is 12.2 Å². The first kappa shape index (κ1) is 12.7. The number of primary amides is 1. The van der Waals surface area contributed by atoms with E-state index in [2.05, 4.69) is 10.0 Å². The number of hydrogen-bond acceptors (Lipinski definition) is 2. The predicted molar refractivity (Wildman–Crippen MR) is 62.6 cm³/mol. The van der Waals surface area contributed by atoms with Gasteiger partial charge in [-0.25, -0.2) is 4.39 Å². The molecular weight excluding hydrogens is 223 g/mol. The first-order valence-corrected chi connectivity index (χ1v) is 4.92. The number of nitrogens with two attached hydrogens (primary N) is 1. The van der Waals surface area contributed by atoms with Crippen LogP contribution in [0, 0.1) is 5.82 Å². The van der Waals surface area contributed by atoms with Crippen molar-refractivity contribution in [3.63, 3.8) is 0 Å².